The zero-order valence-corrected chi connectivity index (χ0v) is 18.2. The minimum atomic E-state index is -0.842. The number of nitrogens with one attached hydrogen (secondary N) is 2. The van der Waals surface area contributed by atoms with Gasteiger partial charge in [0.1, 0.15) is 5.82 Å². The van der Waals surface area contributed by atoms with E-state index in [4.69, 9.17) is 11.6 Å². The van der Waals surface area contributed by atoms with E-state index in [-0.39, 0.29) is 16.3 Å². The standard InChI is InChI=1S/C20H18ClFN4O3S/c1-9-8-30-20(23-9)25-19(29)17(27)16-10(2)15(11(3)26(16)4)18(28)24-12-5-6-14(22)13(21)7-12/h5-8H,1-4H3,(H,24,28)(H,23,25,29). The fraction of sp³-hybridized carbons (Fsp3) is 0.200. The number of hydrogen-bond donors (Lipinski definition) is 2. The minimum absolute atomic E-state index is 0.0977. The van der Waals surface area contributed by atoms with Gasteiger partial charge in [0.15, 0.2) is 5.13 Å². The molecule has 10 heteroatoms. The Kier molecular flexibility index (Phi) is 6.04. The van der Waals surface area contributed by atoms with Crippen molar-refractivity contribution in [3.8, 4) is 0 Å². The molecule has 3 aromatic rings. The van der Waals surface area contributed by atoms with Crippen LogP contribution >= 0.6 is 22.9 Å². The quantitative estimate of drug-likeness (QED) is 0.450. The third-order valence-electron chi connectivity index (χ3n) is 4.60. The predicted molar refractivity (Wildman–Crippen MR) is 114 cm³/mol. The molecule has 1 aromatic carbocycles. The SMILES string of the molecule is Cc1csc(NC(=O)C(=O)c2c(C)c(C(=O)Nc3ccc(F)c(Cl)c3)c(C)n2C)n1. The molecular formula is C20H18ClFN4O3S. The van der Waals surface area contributed by atoms with Gasteiger partial charge in [-0.05, 0) is 44.5 Å². The maximum Gasteiger partial charge on any atom is 0.300 e. The summed E-state index contributed by atoms with van der Waals surface area (Å²) in [5.41, 5.74) is 2.24. The van der Waals surface area contributed by atoms with E-state index in [1.165, 1.54) is 28.0 Å². The highest BCUT2D eigenvalue weighted by Crippen LogP contribution is 2.25. The van der Waals surface area contributed by atoms with E-state index in [2.05, 4.69) is 15.6 Å². The van der Waals surface area contributed by atoms with Gasteiger partial charge in [-0.25, -0.2) is 9.37 Å². The summed E-state index contributed by atoms with van der Waals surface area (Å²) in [5, 5.41) is 7.06. The first-order chi connectivity index (χ1) is 14.1. The monoisotopic (exact) mass is 448 g/mol. The van der Waals surface area contributed by atoms with Crippen LogP contribution in [0, 0.1) is 26.6 Å². The third-order valence-corrected chi connectivity index (χ3v) is 5.76. The molecular weight excluding hydrogens is 431 g/mol. The van der Waals surface area contributed by atoms with Crippen molar-refractivity contribution in [1.82, 2.24) is 9.55 Å². The van der Waals surface area contributed by atoms with Crippen molar-refractivity contribution in [1.29, 1.82) is 0 Å². The number of Topliss-reactive ketones (excluding diaryl/α,β-unsaturated/α-hetero) is 1. The maximum absolute atomic E-state index is 13.3. The van der Waals surface area contributed by atoms with Crippen LogP contribution in [0.15, 0.2) is 23.6 Å². The topological polar surface area (TPSA) is 93.1 Å². The highest BCUT2D eigenvalue weighted by Gasteiger charge is 2.29. The van der Waals surface area contributed by atoms with E-state index >= 15 is 0 Å². The van der Waals surface area contributed by atoms with Crippen molar-refractivity contribution in [3.63, 3.8) is 0 Å². The molecule has 3 rings (SSSR count). The van der Waals surface area contributed by atoms with Crippen LogP contribution < -0.4 is 10.6 Å². The first-order valence-electron chi connectivity index (χ1n) is 8.80. The second-order valence-corrected chi connectivity index (χ2v) is 7.92. The summed E-state index contributed by atoms with van der Waals surface area (Å²) >= 11 is 6.97. The molecule has 0 atom stereocenters. The van der Waals surface area contributed by atoms with Crippen molar-refractivity contribution in [3.05, 3.63) is 62.6 Å². The van der Waals surface area contributed by atoms with Crippen LogP contribution in [-0.4, -0.2) is 27.1 Å². The number of aromatic nitrogens is 2. The molecule has 0 bridgehead atoms. The number of carbonyl (C=O) groups excluding carboxylic acids is 3. The van der Waals surface area contributed by atoms with E-state index in [0.717, 1.165) is 11.8 Å². The molecule has 7 nitrogen and oxygen atoms in total. The number of nitrogens with zero attached hydrogens (tertiary/aromatic N) is 2. The van der Waals surface area contributed by atoms with Crippen molar-refractivity contribution in [2.24, 2.45) is 7.05 Å². The molecule has 0 aliphatic rings. The molecule has 2 heterocycles. The lowest BCUT2D eigenvalue weighted by atomic mass is 10.1. The number of aryl methyl sites for hydroxylation is 1. The van der Waals surface area contributed by atoms with Gasteiger partial charge in [-0.3, -0.25) is 19.7 Å². The van der Waals surface area contributed by atoms with Crippen molar-refractivity contribution in [2.75, 3.05) is 10.6 Å². The molecule has 2 amide bonds. The van der Waals surface area contributed by atoms with E-state index in [0.29, 0.717) is 22.1 Å². The van der Waals surface area contributed by atoms with Crippen LogP contribution in [0.25, 0.3) is 0 Å². The predicted octanol–water partition coefficient (Wildman–Crippen LogP) is 4.27. The Morgan fingerprint density at radius 2 is 1.87 bits per heavy atom. The normalized spacial score (nSPS) is 10.7. The Morgan fingerprint density at radius 3 is 2.47 bits per heavy atom. The number of carbonyl (C=O) groups is 3. The van der Waals surface area contributed by atoms with Crippen molar-refractivity contribution in [2.45, 2.75) is 20.8 Å². The van der Waals surface area contributed by atoms with E-state index in [1.54, 1.807) is 33.2 Å². The largest absolute Gasteiger partial charge is 0.344 e. The second-order valence-electron chi connectivity index (χ2n) is 6.65. The van der Waals surface area contributed by atoms with Gasteiger partial charge in [0, 0.05) is 23.8 Å². The van der Waals surface area contributed by atoms with Gasteiger partial charge in [0.05, 0.1) is 22.0 Å². The highest BCUT2D eigenvalue weighted by atomic mass is 35.5. The molecule has 0 saturated carbocycles. The Morgan fingerprint density at radius 1 is 1.17 bits per heavy atom. The summed E-state index contributed by atoms with van der Waals surface area (Å²) in [6.45, 7) is 5.03. The van der Waals surface area contributed by atoms with Crippen LogP contribution in [-0.2, 0) is 11.8 Å². The number of anilines is 2. The van der Waals surface area contributed by atoms with Crippen LogP contribution in [0.1, 0.15) is 37.8 Å². The lowest BCUT2D eigenvalue weighted by Gasteiger charge is -2.07. The summed E-state index contributed by atoms with van der Waals surface area (Å²) in [6.07, 6.45) is 0. The van der Waals surface area contributed by atoms with Gasteiger partial charge in [0.25, 0.3) is 17.6 Å². The second kappa shape index (κ2) is 8.37. The Labute approximate surface area is 180 Å². The number of thiazole rings is 1. The number of amides is 2. The zero-order chi connectivity index (χ0) is 22.2. The zero-order valence-electron chi connectivity index (χ0n) is 16.6. The van der Waals surface area contributed by atoms with Crippen LogP contribution in [0.2, 0.25) is 5.02 Å². The third kappa shape index (κ3) is 4.12. The lowest BCUT2D eigenvalue weighted by Crippen LogP contribution is -2.25. The maximum atomic E-state index is 13.3. The fourth-order valence-electron chi connectivity index (χ4n) is 3.07. The van der Waals surface area contributed by atoms with Crippen molar-refractivity contribution < 1.29 is 18.8 Å². The van der Waals surface area contributed by atoms with Gasteiger partial charge >= 0.3 is 0 Å². The first kappa shape index (κ1) is 21.7. The number of hydrogen-bond acceptors (Lipinski definition) is 5. The van der Waals surface area contributed by atoms with E-state index < -0.39 is 23.4 Å². The molecule has 0 radical (unpaired) electrons. The molecule has 0 aliphatic carbocycles. The average Bonchev–Trinajstić information content (AvgIpc) is 3.18. The van der Waals surface area contributed by atoms with Gasteiger partial charge in [-0.2, -0.15) is 0 Å². The fourth-order valence-corrected chi connectivity index (χ4v) is 3.94. The number of ketones is 1. The minimum Gasteiger partial charge on any atom is -0.344 e. The molecule has 0 spiro atoms. The van der Waals surface area contributed by atoms with E-state index in [1.807, 2.05) is 0 Å². The number of benzene rings is 1. The molecule has 0 unspecified atom stereocenters. The summed E-state index contributed by atoms with van der Waals surface area (Å²) in [6, 6.07) is 3.81. The molecule has 30 heavy (non-hydrogen) atoms. The summed E-state index contributed by atoms with van der Waals surface area (Å²) in [5.74, 6) is -2.73. The van der Waals surface area contributed by atoms with Gasteiger partial charge in [-0.15, -0.1) is 11.3 Å². The van der Waals surface area contributed by atoms with Crippen LogP contribution in [0.4, 0.5) is 15.2 Å². The van der Waals surface area contributed by atoms with Gasteiger partial charge in [0.2, 0.25) is 0 Å². The Hall–Kier alpha value is -3.04. The summed E-state index contributed by atoms with van der Waals surface area (Å²) in [4.78, 5) is 42.1. The summed E-state index contributed by atoms with van der Waals surface area (Å²) < 4.78 is 14.8. The number of rotatable bonds is 5. The lowest BCUT2D eigenvalue weighted by molar-refractivity contribution is -0.112. The Bertz CT molecular complexity index is 1190. The molecule has 0 saturated heterocycles. The van der Waals surface area contributed by atoms with E-state index in [9.17, 15) is 18.8 Å². The average molecular weight is 449 g/mol. The summed E-state index contributed by atoms with van der Waals surface area (Å²) in [7, 11) is 1.60. The highest BCUT2D eigenvalue weighted by molar-refractivity contribution is 7.14. The molecule has 0 fully saturated rings. The molecule has 2 aromatic heterocycles. The van der Waals surface area contributed by atoms with Gasteiger partial charge < -0.3 is 9.88 Å². The van der Waals surface area contributed by atoms with Gasteiger partial charge in [-0.1, -0.05) is 11.6 Å². The number of halogens is 2. The van der Waals surface area contributed by atoms with Crippen molar-refractivity contribution >= 4 is 51.4 Å². The van der Waals surface area contributed by atoms with Crippen LogP contribution in [0.3, 0.4) is 0 Å². The molecule has 0 aliphatic heterocycles. The molecule has 156 valence electrons. The van der Waals surface area contributed by atoms with Crippen LogP contribution in [0.5, 0.6) is 0 Å². The first-order valence-corrected chi connectivity index (χ1v) is 10.1. The molecule has 2 N–H and O–H groups in total. The Balaban J connectivity index is 1.88. The smallest absolute Gasteiger partial charge is 0.300 e.